The summed E-state index contributed by atoms with van der Waals surface area (Å²) in [6.45, 7) is 2.00. The Morgan fingerprint density at radius 1 is 1.53 bits per heavy atom. The predicted molar refractivity (Wildman–Crippen MR) is 69.6 cm³/mol. The first-order valence-electron chi connectivity index (χ1n) is 5.36. The number of nitrogens with two attached hydrogens (primary N) is 1. The van der Waals surface area contributed by atoms with E-state index in [1.807, 2.05) is 6.92 Å². The smallest absolute Gasteiger partial charge is 0.128 e. The van der Waals surface area contributed by atoms with E-state index in [1.165, 1.54) is 0 Å². The van der Waals surface area contributed by atoms with Crippen LogP contribution in [0, 0.1) is 11.3 Å². The molecular formula is C13H15ClN2O. The number of hydrogen-bond acceptors (Lipinski definition) is 3. The third kappa shape index (κ3) is 3.15. The fraction of sp³-hybridized carbons (Fsp3) is 0.308. The summed E-state index contributed by atoms with van der Waals surface area (Å²) in [7, 11) is 1.56. The summed E-state index contributed by atoms with van der Waals surface area (Å²) in [5.41, 5.74) is 7.67. The van der Waals surface area contributed by atoms with Crippen molar-refractivity contribution in [3.05, 3.63) is 34.4 Å². The molecule has 0 spiro atoms. The second-order valence-electron chi connectivity index (χ2n) is 3.60. The Bertz CT molecular complexity index is 475. The zero-order valence-corrected chi connectivity index (χ0v) is 10.7. The highest BCUT2D eigenvalue weighted by Crippen LogP contribution is 2.29. The largest absolute Gasteiger partial charge is 0.496 e. The van der Waals surface area contributed by atoms with Crippen LogP contribution in [-0.4, -0.2) is 7.11 Å². The van der Waals surface area contributed by atoms with Gasteiger partial charge < -0.3 is 10.5 Å². The molecular weight excluding hydrogens is 236 g/mol. The van der Waals surface area contributed by atoms with E-state index in [1.54, 1.807) is 25.3 Å². The van der Waals surface area contributed by atoms with Crippen LogP contribution >= 0.6 is 11.6 Å². The van der Waals surface area contributed by atoms with Gasteiger partial charge in [-0.3, -0.25) is 0 Å². The average Bonchev–Trinajstić information content (AvgIpc) is 2.35. The number of allylic oxidation sites excluding steroid dienone is 1. The maximum atomic E-state index is 9.06. The van der Waals surface area contributed by atoms with Gasteiger partial charge in [0.1, 0.15) is 5.75 Å². The molecule has 3 nitrogen and oxygen atoms in total. The van der Waals surface area contributed by atoms with Gasteiger partial charge in [-0.1, -0.05) is 24.9 Å². The monoisotopic (exact) mass is 250 g/mol. The minimum atomic E-state index is 0.439. The van der Waals surface area contributed by atoms with E-state index in [0.29, 0.717) is 34.0 Å². The van der Waals surface area contributed by atoms with Gasteiger partial charge in [-0.2, -0.15) is 5.26 Å². The summed E-state index contributed by atoms with van der Waals surface area (Å²) in [6, 6.07) is 7.31. The number of rotatable bonds is 4. The molecule has 0 aromatic heterocycles. The van der Waals surface area contributed by atoms with Crippen molar-refractivity contribution in [1.82, 2.24) is 0 Å². The first kappa shape index (κ1) is 13.4. The molecule has 17 heavy (non-hydrogen) atoms. The van der Waals surface area contributed by atoms with E-state index in [-0.39, 0.29) is 0 Å². The van der Waals surface area contributed by atoms with Crippen molar-refractivity contribution in [3.63, 3.8) is 0 Å². The van der Waals surface area contributed by atoms with Gasteiger partial charge in [-0.05, 0) is 24.6 Å². The lowest BCUT2D eigenvalue weighted by Crippen LogP contribution is -2.03. The normalized spacial score (nSPS) is 11.6. The van der Waals surface area contributed by atoms with Gasteiger partial charge >= 0.3 is 0 Å². The van der Waals surface area contributed by atoms with Gasteiger partial charge in [-0.15, -0.1) is 0 Å². The molecule has 2 N–H and O–H groups in total. The molecule has 4 heteroatoms. The van der Waals surface area contributed by atoms with Gasteiger partial charge in [0.05, 0.1) is 24.4 Å². The number of halogens is 1. The Kier molecular flexibility index (Phi) is 4.86. The highest BCUT2D eigenvalue weighted by atomic mass is 35.5. The first-order valence-corrected chi connectivity index (χ1v) is 5.74. The van der Waals surface area contributed by atoms with Gasteiger partial charge in [0.2, 0.25) is 0 Å². The minimum Gasteiger partial charge on any atom is -0.496 e. The van der Waals surface area contributed by atoms with E-state index in [2.05, 4.69) is 6.07 Å². The molecule has 1 aromatic rings. The molecule has 0 heterocycles. The third-order valence-electron chi connectivity index (χ3n) is 2.41. The molecule has 0 atom stereocenters. The number of methoxy groups -OCH3 is 1. The Hall–Kier alpha value is -1.66. The van der Waals surface area contributed by atoms with Crippen molar-refractivity contribution in [1.29, 1.82) is 5.26 Å². The summed E-state index contributed by atoms with van der Waals surface area (Å²) < 4.78 is 5.21. The molecule has 0 aliphatic rings. The van der Waals surface area contributed by atoms with Crippen LogP contribution in [0.15, 0.2) is 23.8 Å². The highest BCUT2D eigenvalue weighted by Gasteiger charge is 2.11. The Morgan fingerprint density at radius 3 is 2.76 bits per heavy atom. The van der Waals surface area contributed by atoms with Crippen LogP contribution in [0.3, 0.4) is 0 Å². The van der Waals surface area contributed by atoms with Crippen molar-refractivity contribution in [2.24, 2.45) is 5.73 Å². The molecule has 0 saturated carbocycles. The van der Waals surface area contributed by atoms with Gasteiger partial charge in [0.15, 0.2) is 0 Å². The fourth-order valence-electron chi connectivity index (χ4n) is 1.55. The second kappa shape index (κ2) is 6.17. The van der Waals surface area contributed by atoms with Gasteiger partial charge in [-0.25, -0.2) is 0 Å². The number of hydrogen-bond donors (Lipinski definition) is 1. The van der Waals surface area contributed by atoms with Crippen LogP contribution in [0.25, 0.3) is 5.70 Å². The molecule has 0 aliphatic heterocycles. The van der Waals surface area contributed by atoms with E-state index in [9.17, 15) is 0 Å². The van der Waals surface area contributed by atoms with Crippen LogP contribution in [0.2, 0.25) is 5.02 Å². The van der Waals surface area contributed by atoms with Gasteiger partial charge in [0.25, 0.3) is 0 Å². The van der Waals surface area contributed by atoms with E-state index in [0.717, 1.165) is 6.42 Å². The van der Waals surface area contributed by atoms with E-state index in [4.69, 9.17) is 27.3 Å². The molecule has 1 rings (SSSR count). The van der Waals surface area contributed by atoms with E-state index < -0.39 is 0 Å². The lowest BCUT2D eigenvalue weighted by Gasteiger charge is -2.10. The topological polar surface area (TPSA) is 59.0 Å². The molecule has 1 aromatic carbocycles. The molecule has 90 valence electrons. The summed E-state index contributed by atoms with van der Waals surface area (Å²) in [4.78, 5) is 0. The summed E-state index contributed by atoms with van der Waals surface area (Å²) in [5, 5.41) is 9.63. The first-order chi connectivity index (χ1) is 8.13. The summed E-state index contributed by atoms with van der Waals surface area (Å²) >= 11 is 5.93. The molecule has 0 aliphatic carbocycles. The summed E-state index contributed by atoms with van der Waals surface area (Å²) in [6.07, 6.45) is 1.52. The Labute approximate surface area is 106 Å². The maximum absolute atomic E-state index is 9.06. The predicted octanol–water partition coefficient (Wildman–Crippen LogP) is 3.34. The maximum Gasteiger partial charge on any atom is 0.128 e. The van der Waals surface area contributed by atoms with Crippen molar-refractivity contribution >= 4 is 17.3 Å². The average molecular weight is 251 g/mol. The molecule has 0 unspecified atom stereocenters. The number of benzene rings is 1. The lowest BCUT2D eigenvalue weighted by atomic mass is 10.0. The number of nitrogens with zero attached hydrogens (tertiary/aromatic N) is 1. The quantitative estimate of drug-likeness (QED) is 0.834. The highest BCUT2D eigenvalue weighted by molar-refractivity contribution is 6.30. The van der Waals surface area contributed by atoms with E-state index >= 15 is 0 Å². The second-order valence-corrected chi connectivity index (χ2v) is 4.04. The molecule has 0 saturated heterocycles. The molecule has 0 amide bonds. The zero-order valence-electron chi connectivity index (χ0n) is 9.96. The zero-order chi connectivity index (χ0) is 12.8. The van der Waals surface area contributed by atoms with Gasteiger partial charge in [0, 0.05) is 10.6 Å². The Balaban J connectivity index is 3.31. The minimum absolute atomic E-state index is 0.439. The standard InChI is InChI=1S/C13H15ClN2O/c1-3-4-9(8-15)13(16)11-7-10(14)5-6-12(11)17-2/h5-7H,3-4,16H2,1-2H3/b13-9-. The van der Waals surface area contributed by atoms with Crippen molar-refractivity contribution in [2.75, 3.05) is 7.11 Å². The third-order valence-corrected chi connectivity index (χ3v) is 2.65. The Morgan fingerprint density at radius 2 is 2.24 bits per heavy atom. The lowest BCUT2D eigenvalue weighted by molar-refractivity contribution is 0.413. The molecule has 0 radical (unpaired) electrons. The molecule has 0 bridgehead atoms. The van der Waals surface area contributed by atoms with Crippen LogP contribution in [0.4, 0.5) is 0 Å². The van der Waals surface area contributed by atoms with Crippen LogP contribution in [-0.2, 0) is 0 Å². The van der Waals surface area contributed by atoms with Crippen LogP contribution in [0.5, 0.6) is 5.75 Å². The summed E-state index contributed by atoms with van der Waals surface area (Å²) in [5.74, 6) is 0.621. The SMILES string of the molecule is CCC/C(C#N)=C(/N)c1cc(Cl)ccc1OC. The number of ether oxygens (including phenoxy) is 1. The van der Waals surface area contributed by atoms with Crippen molar-refractivity contribution in [2.45, 2.75) is 19.8 Å². The van der Waals surface area contributed by atoms with Crippen molar-refractivity contribution in [3.8, 4) is 11.8 Å². The van der Waals surface area contributed by atoms with Crippen LogP contribution in [0.1, 0.15) is 25.3 Å². The number of nitriles is 1. The van der Waals surface area contributed by atoms with Crippen molar-refractivity contribution < 1.29 is 4.74 Å². The van der Waals surface area contributed by atoms with Crippen LogP contribution < -0.4 is 10.5 Å². The fourth-order valence-corrected chi connectivity index (χ4v) is 1.73. The molecule has 0 fully saturated rings.